The van der Waals surface area contributed by atoms with E-state index in [1.807, 2.05) is 13.8 Å². The number of hydrogen-bond acceptors (Lipinski definition) is 3. The Labute approximate surface area is 60.7 Å². The van der Waals surface area contributed by atoms with E-state index in [0.29, 0.717) is 0 Å². The Morgan fingerprint density at radius 2 is 2.33 bits per heavy atom. The number of nitrogens with zero attached hydrogens (tertiary/aromatic N) is 1. The monoisotopic (exact) mass is 145 g/mol. The molecule has 52 valence electrons. The highest BCUT2D eigenvalue weighted by atomic mass is 32.1. The lowest BCUT2D eigenvalue weighted by atomic mass is 10.2. The molecule has 1 rings (SSSR count). The molecule has 0 radical (unpaired) electrons. The van der Waals surface area contributed by atoms with E-state index in [0.717, 1.165) is 19.0 Å². The summed E-state index contributed by atoms with van der Waals surface area (Å²) in [6.45, 7) is 5.46. The summed E-state index contributed by atoms with van der Waals surface area (Å²) < 4.78 is 4.99. The summed E-state index contributed by atoms with van der Waals surface area (Å²) in [4.78, 5) is 4.12. The molecule has 3 heteroatoms. The fourth-order valence-electron chi connectivity index (χ4n) is 0.705. The highest BCUT2D eigenvalue weighted by Crippen LogP contribution is 2.17. The molecule has 0 fully saturated rings. The lowest BCUT2D eigenvalue weighted by Crippen LogP contribution is -2.24. The fourth-order valence-corrected chi connectivity index (χ4v) is 0.840. The Morgan fingerprint density at radius 1 is 1.67 bits per heavy atom. The molecule has 0 aromatic rings. The largest absolute Gasteiger partial charge is 0.478 e. The van der Waals surface area contributed by atoms with E-state index in [1.54, 1.807) is 0 Å². The van der Waals surface area contributed by atoms with Crippen LogP contribution in [0.25, 0.3) is 0 Å². The summed E-state index contributed by atoms with van der Waals surface area (Å²) >= 11 is 4.29. The number of rotatable bonds is 1. The van der Waals surface area contributed by atoms with Crippen LogP contribution in [0.5, 0.6) is 0 Å². The first-order chi connectivity index (χ1) is 4.11. The van der Waals surface area contributed by atoms with Crippen LogP contribution in [-0.4, -0.2) is 23.8 Å². The molecule has 0 amide bonds. The highest BCUT2D eigenvalue weighted by Gasteiger charge is 2.24. The summed E-state index contributed by atoms with van der Waals surface area (Å²) in [5, 5.41) is 0. The maximum Gasteiger partial charge on any atom is 0.199 e. The quantitative estimate of drug-likeness (QED) is 0.549. The molecule has 0 unspecified atom stereocenters. The molecule has 0 aliphatic carbocycles. The van der Waals surface area contributed by atoms with Crippen molar-refractivity contribution in [3.05, 3.63) is 0 Å². The Hall–Kier alpha value is -0.180. The van der Waals surface area contributed by atoms with Gasteiger partial charge in [0, 0.05) is 0 Å². The van der Waals surface area contributed by atoms with Gasteiger partial charge >= 0.3 is 0 Å². The van der Waals surface area contributed by atoms with Crippen molar-refractivity contribution in [2.45, 2.75) is 18.6 Å². The van der Waals surface area contributed by atoms with E-state index in [4.69, 9.17) is 4.74 Å². The zero-order chi connectivity index (χ0) is 6.91. The normalized spacial score (nSPS) is 19.2. The zero-order valence-electron chi connectivity index (χ0n) is 5.72. The molecule has 0 saturated carbocycles. The van der Waals surface area contributed by atoms with Gasteiger partial charge in [-0.2, -0.15) is 12.6 Å². The topological polar surface area (TPSA) is 21.6 Å². The summed E-state index contributed by atoms with van der Waals surface area (Å²) in [5.74, 6) is 0.769. The first-order valence-corrected chi connectivity index (χ1v) is 3.45. The molecule has 0 aromatic carbocycles. The minimum absolute atomic E-state index is 0.198. The number of ether oxygens (including phenoxy) is 1. The standard InChI is InChI=1S/C6H11NOS/c1-6(2,9)5-7-3-4-8-5/h9H,3-4H2,1-2H3. The second-order valence-electron chi connectivity index (χ2n) is 2.59. The zero-order valence-corrected chi connectivity index (χ0v) is 6.61. The number of aliphatic imine (C=N–C) groups is 1. The molecular formula is C6H11NOS. The molecule has 2 nitrogen and oxygen atoms in total. The molecule has 0 saturated heterocycles. The lowest BCUT2D eigenvalue weighted by molar-refractivity contribution is 0.332. The predicted molar refractivity (Wildman–Crippen MR) is 41.3 cm³/mol. The summed E-state index contributed by atoms with van der Waals surface area (Å²) in [7, 11) is 0. The molecular weight excluding hydrogens is 134 g/mol. The maximum atomic E-state index is 5.19. The van der Waals surface area contributed by atoms with Crippen LogP contribution in [0.15, 0.2) is 4.99 Å². The average molecular weight is 145 g/mol. The van der Waals surface area contributed by atoms with Gasteiger partial charge in [0.05, 0.1) is 11.3 Å². The summed E-state index contributed by atoms with van der Waals surface area (Å²) in [5.41, 5.74) is 0. The molecule has 1 heterocycles. The van der Waals surface area contributed by atoms with Crippen molar-refractivity contribution in [1.82, 2.24) is 0 Å². The van der Waals surface area contributed by atoms with Crippen LogP contribution in [0.1, 0.15) is 13.8 Å². The van der Waals surface area contributed by atoms with Gasteiger partial charge in [-0.25, -0.2) is 0 Å². The van der Waals surface area contributed by atoms with Gasteiger partial charge in [-0.3, -0.25) is 4.99 Å². The second kappa shape index (κ2) is 2.21. The van der Waals surface area contributed by atoms with Gasteiger partial charge in [-0.05, 0) is 13.8 Å². The maximum absolute atomic E-state index is 5.19. The third-order valence-corrected chi connectivity index (χ3v) is 1.30. The third kappa shape index (κ3) is 1.61. The van der Waals surface area contributed by atoms with Gasteiger partial charge in [0.2, 0.25) is 0 Å². The van der Waals surface area contributed by atoms with Crippen LogP contribution in [0.3, 0.4) is 0 Å². The molecule has 0 bridgehead atoms. The number of thiol groups is 1. The number of hydrogen-bond donors (Lipinski definition) is 1. The Bertz CT molecular complexity index is 136. The van der Waals surface area contributed by atoms with Crippen molar-refractivity contribution in [3.8, 4) is 0 Å². The van der Waals surface area contributed by atoms with Gasteiger partial charge in [0.15, 0.2) is 5.90 Å². The van der Waals surface area contributed by atoms with E-state index in [-0.39, 0.29) is 4.75 Å². The van der Waals surface area contributed by atoms with Crippen LogP contribution in [0, 0.1) is 0 Å². The minimum Gasteiger partial charge on any atom is -0.478 e. The van der Waals surface area contributed by atoms with Crippen molar-refractivity contribution < 1.29 is 4.74 Å². The van der Waals surface area contributed by atoms with Gasteiger partial charge < -0.3 is 4.74 Å². The second-order valence-corrected chi connectivity index (χ2v) is 3.71. The highest BCUT2D eigenvalue weighted by molar-refractivity contribution is 7.82. The first-order valence-electron chi connectivity index (χ1n) is 3.01. The third-order valence-electron chi connectivity index (χ3n) is 1.11. The van der Waals surface area contributed by atoms with Crippen LogP contribution in [0.2, 0.25) is 0 Å². The van der Waals surface area contributed by atoms with E-state index in [2.05, 4.69) is 17.6 Å². The SMILES string of the molecule is CC(C)(S)C1=NCCO1. The molecule has 1 aliphatic heterocycles. The summed E-state index contributed by atoms with van der Waals surface area (Å²) in [6, 6.07) is 0. The molecule has 0 N–H and O–H groups in total. The van der Waals surface area contributed by atoms with E-state index >= 15 is 0 Å². The van der Waals surface area contributed by atoms with Gasteiger partial charge in [-0.1, -0.05) is 0 Å². The van der Waals surface area contributed by atoms with Crippen molar-refractivity contribution in [2.24, 2.45) is 4.99 Å². The van der Waals surface area contributed by atoms with E-state index in [9.17, 15) is 0 Å². The van der Waals surface area contributed by atoms with E-state index < -0.39 is 0 Å². The minimum atomic E-state index is -0.198. The van der Waals surface area contributed by atoms with Gasteiger partial charge in [0.25, 0.3) is 0 Å². The van der Waals surface area contributed by atoms with Crippen molar-refractivity contribution in [3.63, 3.8) is 0 Å². The predicted octanol–water partition coefficient (Wildman–Crippen LogP) is 1.12. The van der Waals surface area contributed by atoms with Gasteiger partial charge in [-0.15, -0.1) is 0 Å². The first kappa shape index (κ1) is 6.93. The molecule has 9 heavy (non-hydrogen) atoms. The smallest absolute Gasteiger partial charge is 0.199 e. The van der Waals surface area contributed by atoms with Crippen LogP contribution in [-0.2, 0) is 4.74 Å². The van der Waals surface area contributed by atoms with Gasteiger partial charge in [0.1, 0.15) is 6.61 Å². The van der Waals surface area contributed by atoms with Crippen LogP contribution in [0.4, 0.5) is 0 Å². The summed E-state index contributed by atoms with van der Waals surface area (Å²) in [6.07, 6.45) is 0. The Morgan fingerprint density at radius 3 is 2.56 bits per heavy atom. The van der Waals surface area contributed by atoms with Crippen molar-refractivity contribution in [2.75, 3.05) is 13.2 Å². The Kier molecular flexibility index (Phi) is 1.70. The van der Waals surface area contributed by atoms with Crippen LogP contribution >= 0.6 is 12.6 Å². The molecule has 0 aromatic heterocycles. The van der Waals surface area contributed by atoms with Crippen molar-refractivity contribution in [1.29, 1.82) is 0 Å². The lowest BCUT2D eigenvalue weighted by Gasteiger charge is -2.15. The van der Waals surface area contributed by atoms with Crippen molar-refractivity contribution >= 4 is 18.5 Å². The molecule has 0 spiro atoms. The average Bonchev–Trinajstić information content (AvgIpc) is 2.08. The van der Waals surface area contributed by atoms with Crippen LogP contribution < -0.4 is 0 Å². The van der Waals surface area contributed by atoms with E-state index in [1.165, 1.54) is 0 Å². The molecule has 1 aliphatic rings. The fraction of sp³-hybridized carbons (Fsp3) is 0.833. The molecule has 0 atom stereocenters. The Balaban J connectivity index is 2.61.